The molecule has 1 N–H and O–H groups in total. The molecule has 0 radical (unpaired) electrons. The molecule has 202 valence electrons. The number of hydrogen-bond donors (Lipinski definition) is 1. The monoisotopic (exact) mass is 531 g/mol. The van der Waals surface area contributed by atoms with Gasteiger partial charge < -0.3 is 19.7 Å². The number of halogens is 2. The lowest BCUT2D eigenvalue weighted by Crippen LogP contribution is -2.44. The number of alkyl halides is 2. The van der Waals surface area contributed by atoms with Crippen molar-refractivity contribution in [3.8, 4) is 0 Å². The zero-order chi connectivity index (χ0) is 26.9. The molecule has 11 heteroatoms. The molecule has 1 fully saturated rings. The maximum atomic E-state index is 13.2. The molecule has 0 saturated carbocycles. The molecule has 0 bridgehead atoms. The number of nitrogens with one attached hydrogen (secondary N) is 1. The topological polar surface area (TPSA) is 87.9 Å². The number of imidazole rings is 1. The average Bonchev–Trinajstić information content (AvgIpc) is 3.09. The molecule has 1 aliphatic carbocycles. The minimum Gasteiger partial charge on any atom is -0.354 e. The van der Waals surface area contributed by atoms with E-state index in [1.54, 1.807) is 6.92 Å². The summed E-state index contributed by atoms with van der Waals surface area (Å²) >= 11 is 0. The highest BCUT2D eigenvalue weighted by atomic mass is 19.3. The Labute approximate surface area is 225 Å². The number of anilines is 3. The summed E-state index contributed by atoms with van der Waals surface area (Å²) in [6.07, 6.45) is 5.90. The number of allylic oxidation sites excluding steroid dienone is 1. The molecule has 39 heavy (non-hydrogen) atoms. The van der Waals surface area contributed by atoms with Gasteiger partial charge in [0.05, 0.1) is 29.8 Å². The van der Waals surface area contributed by atoms with E-state index in [-0.39, 0.29) is 0 Å². The first-order valence-corrected chi connectivity index (χ1v) is 13.3. The molecule has 1 aliphatic heterocycles. The predicted octanol–water partition coefficient (Wildman–Crippen LogP) is 4.45. The van der Waals surface area contributed by atoms with Gasteiger partial charge in [-0.15, -0.1) is 0 Å². The zero-order valence-electron chi connectivity index (χ0n) is 22.1. The van der Waals surface area contributed by atoms with E-state index in [9.17, 15) is 8.78 Å². The van der Waals surface area contributed by atoms with Crippen LogP contribution in [0.25, 0.3) is 16.7 Å². The SMILES string of the molecule is Cc1nc2ccc(C3=CCCCc4nc(Nc5ccc(N6CCN(C)CC6)nc5)ncc43)nc2n1CC(F)F. The highest BCUT2D eigenvalue weighted by molar-refractivity contribution is 5.83. The highest BCUT2D eigenvalue weighted by Crippen LogP contribution is 2.31. The first-order chi connectivity index (χ1) is 18.9. The summed E-state index contributed by atoms with van der Waals surface area (Å²) in [5.74, 6) is 2.01. The van der Waals surface area contributed by atoms with E-state index >= 15 is 0 Å². The Morgan fingerprint density at radius 2 is 1.82 bits per heavy atom. The van der Waals surface area contributed by atoms with E-state index in [0.717, 1.165) is 73.8 Å². The van der Waals surface area contributed by atoms with E-state index < -0.39 is 13.0 Å². The van der Waals surface area contributed by atoms with Crippen LogP contribution in [0.15, 0.2) is 42.7 Å². The van der Waals surface area contributed by atoms with Gasteiger partial charge >= 0.3 is 0 Å². The van der Waals surface area contributed by atoms with Crippen molar-refractivity contribution in [3.63, 3.8) is 0 Å². The van der Waals surface area contributed by atoms with Crippen molar-refractivity contribution < 1.29 is 8.78 Å². The summed E-state index contributed by atoms with van der Waals surface area (Å²) < 4.78 is 27.9. The number of likely N-dealkylation sites (N-methyl/N-ethyl adjacent to an activating group) is 1. The Balaban J connectivity index is 1.24. The van der Waals surface area contributed by atoms with Crippen molar-refractivity contribution in [1.29, 1.82) is 0 Å². The van der Waals surface area contributed by atoms with Gasteiger partial charge in [0.15, 0.2) is 5.65 Å². The number of hydrogen-bond acceptors (Lipinski definition) is 8. The molecule has 4 aromatic rings. The number of piperazine rings is 1. The third kappa shape index (κ3) is 5.31. The van der Waals surface area contributed by atoms with Gasteiger partial charge in [-0.05, 0) is 57.5 Å². The number of aromatic nitrogens is 6. The lowest BCUT2D eigenvalue weighted by Gasteiger charge is -2.33. The van der Waals surface area contributed by atoms with Gasteiger partial charge in [0, 0.05) is 43.5 Å². The molecule has 0 amide bonds. The summed E-state index contributed by atoms with van der Waals surface area (Å²) in [6, 6.07) is 7.76. The summed E-state index contributed by atoms with van der Waals surface area (Å²) in [7, 11) is 2.14. The van der Waals surface area contributed by atoms with Crippen LogP contribution in [0.5, 0.6) is 0 Å². The smallest absolute Gasteiger partial charge is 0.256 e. The van der Waals surface area contributed by atoms with Gasteiger partial charge in [-0.25, -0.2) is 33.7 Å². The van der Waals surface area contributed by atoms with Crippen LogP contribution in [0.4, 0.5) is 26.2 Å². The Hall–Kier alpha value is -3.99. The Bertz CT molecular complexity index is 1510. The number of fused-ring (bicyclic) bond motifs is 2. The second kappa shape index (κ2) is 10.6. The maximum absolute atomic E-state index is 13.2. The molecule has 9 nitrogen and oxygen atoms in total. The molecule has 5 heterocycles. The van der Waals surface area contributed by atoms with Gasteiger partial charge in [0.25, 0.3) is 6.43 Å². The molecule has 1 saturated heterocycles. The van der Waals surface area contributed by atoms with Crippen LogP contribution < -0.4 is 10.2 Å². The lowest BCUT2D eigenvalue weighted by molar-refractivity contribution is 0.127. The Morgan fingerprint density at radius 3 is 2.59 bits per heavy atom. The fraction of sp³-hybridized carbons (Fsp3) is 0.393. The minimum absolute atomic E-state index is 0.433. The first-order valence-electron chi connectivity index (χ1n) is 13.3. The van der Waals surface area contributed by atoms with Crippen molar-refractivity contribution >= 4 is 34.2 Å². The standard InChI is InChI=1S/C28H31F2N9/c1-18-33-24-9-8-23(35-27(24)39(18)17-25(29)30)20-5-3-4-6-22-21(20)16-32-28(36-22)34-19-7-10-26(31-15-19)38-13-11-37(2)12-14-38/h5,7-10,15-16,25H,3-4,6,11-14,17H2,1-2H3,(H,32,34,36). The van der Waals surface area contributed by atoms with E-state index in [4.69, 9.17) is 9.97 Å². The molecule has 2 aliphatic rings. The van der Waals surface area contributed by atoms with Crippen molar-refractivity contribution in [2.75, 3.05) is 43.4 Å². The predicted molar refractivity (Wildman–Crippen MR) is 148 cm³/mol. The van der Waals surface area contributed by atoms with Crippen LogP contribution in [0.3, 0.4) is 0 Å². The molecule has 0 unspecified atom stereocenters. The molecule has 0 aromatic carbocycles. The third-order valence-electron chi connectivity index (χ3n) is 7.33. The van der Waals surface area contributed by atoms with Crippen molar-refractivity contribution in [1.82, 2.24) is 34.4 Å². The van der Waals surface area contributed by atoms with Crippen molar-refractivity contribution in [2.45, 2.75) is 39.2 Å². The summed E-state index contributed by atoms with van der Waals surface area (Å²) in [4.78, 5) is 27.9. The minimum atomic E-state index is -2.48. The van der Waals surface area contributed by atoms with E-state index in [1.165, 1.54) is 4.57 Å². The average molecular weight is 532 g/mol. The lowest BCUT2D eigenvalue weighted by atomic mass is 10.0. The quantitative estimate of drug-likeness (QED) is 0.391. The van der Waals surface area contributed by atoms with Gasteiger partial charge in [-0.2, -0.15) is 0 Å². The normalized spacial score (nSPS) is 16.3. The number of nitrogens with zero attached hydrogens (tertiary/aromatic N) is 8. The van der Waals surface area contributed by atoms with Crippen molar-refractivity contribution in [3.05, 3.63) is 65.5 Å². The van der Waals surface area contributed by atoms with Crippen LogP contribution in [-0.4, -0.2) is 74.0 Å². The van der Waals surface area contributed by atoms with E-state index in [1.807, 2.05) is 36.7 Å². The van der Waals surface area contributed by atoms with Crippen LogP contribution in [0.1, 0.15) is 35.6 Å². The highest BCUT2D eigenvalue weighted by Gasteiger charge is 2.20. The number of pyridine rings is 2. The number of rotatable bonds is 6. The van der Waals surface area contributed by atoms with Gasteiger partial charge in [0.1, 0.15) is 17.2 Å². The van der Waals surface area contributed by atoms with Crippen LogP contribution in [0, 0.1) is 6.92 Å². The largest absolute Gasteiger partial charge is 0.354 e. The van der Waals surface area contributed by atoms with Gasteiger partial charge in [0.2, 0.25) is 5.95 Å². The van der Waals surface area contributed by atoms with Gasteiger partial charge in [-0.1, -0.05) is 6.08 Å². The molecule has 0 spiro atoms. The first kappa shape index (κ1) is 25.3. The second-order valence-electron chi connectivity index (χ2n) is 10.1. The van der Waals surface area contributed by atoms with E-state index in [0.29, 0.717) is 28.6 Å². The van der Waals surface area contributed by atoms with Gasteiger partial charge in [-0.3, -0.25) is 0 Å². The van der Waals surface area contributed by atoms with E-state index in [2.05, 4.69) is 43.2 Å². The summed E-state index contributed by atoms with van der Waals surface area (Å²) in [5, 5.41) is 3.29. The van der Waals surface area contributed by atoms with Crippen molar-refractivity contribution in [2.24, 2.45) is 0 Å². The molecular weight excluding hydrogens is 500 g/mol. The van der Waals surface area contributed by atoms with Crippen LogP contribution in [0.2, 0.25) is 0 Å². The zero-order valence-corrected chi connectivity index (χ0v) is 22.1. The third-order valence-corrected chi connectivity index (χ3v) is 7.33. The van der Waals surface area contributed by atoms with Crippen LogP contribution in [-0.2, 0) is 13.0 Å². The van der Waals surface area contributed by atoms with Crippen LogP contribution >= 0.6 is 0 Å². The maximum Gasteiger partial charge on any atom is 0.256 e. The fourth-order valence-electron chi connectivity index (χ4n) is 5.19. The fourth-order valence-corrected chi connectivity index (χ4v) is 5.19. The molecule has 0 atom stereocenters. The summed E-state index contributed by atoms with van der Waals surface area (Å²) in [6.45, 7) is 5.29. The summed E-state index contributed by atoms with van der Waals surface area (Å²) in [5.41, 5.74) is 5.35. The Kier molecular flexibility index (Phi) is 6.90. The Morgan fingerprint density at radius 1 is 0.974 bits per heavy atom. The second-order valence-corrected chi connectivity index (χ2v) is 10.1. The molecule has 6 rings (SSSR count). The number of aryl methyl sites for hydroxylation is 2. The molecule has 4 aromatic heterocycles. The molecular formula is C28H31F2N9.